The molecule has 1 aliphatic rings. The highest BCUT2D eigenvalue weighted by atomic mass is 15.3. The van der Waals surface area contributed by atoms with Crippen LogP contribution in [0.2, 0.25) is 0 Å². The third-order valence-electron chi connectivity index (χ3n) is 4.88. The molecule has 0 atom stereocenters. The summed E-state index contributed by atoms with van der Waals surface area (Å²) in [5.41, 5.74) is 6.83. The number of hydrogen-bond acceptors (Lipinski definition) is 2. The van der Waals surface area contributed by atoms with E-state index in [0.717, 1.165) is 22.5 Å². The van der Waals surface area contributed by atoms with Crippen LogP contribution < -0.4 is 0 Å². The minimum Gasteiger partial charge on any atom is -0.306 e. The first-order valence-electron chi connectivity index (χ1n) is 8.83. The van der Waals surface area contributed by atoms with Crippen LogP contribution in [0.25, 0.3) is 34.1 Å². The van der Waals surface area contributed by atoms with Crippen LogP contribution in [0, 0.1) is 6.92 Å². The maximum atomic E-state index is 4.96. The summed E-state index contributed by atoms with van der Waals surface area (Å²) in [6.45, 7) is 4.16. The average molecular weight is 328 g/mol. The van der Waals surface area contributed by atoms with Crippen molar-refractivity contribution in [3.63, 3.8) is 0 Å². The molecule has 0 amide bonds. The number of aromatic nitrogens is 4. The van der Waals surface area contributed by atoms with Gasteiger partial charge in [-0.1, -0.05) is 24.3 Å². The SMILES string of the molecule is C/C=C/c1ccc2nc(-n3cnc4ccc(C)cc43)n(C3CC3)c2c1. The van der Waals surface area contributed by atoms with E-state index in [0.29, 0.717) is 6.04 Å². The monoisotopic (exact) mass is 328 g/mol. The lowest BCUT2D eigenvalue weighted by molar-refractivity contribution is 0.728. The van der Waals surface area contributed by atoms with Crippen molar-refractivity contribution in [1.29, 1.82) is 0 Å². The van der Waals surface area contributed by atoms with Gasteiger partial charge in [-0.25, -0.2) is 9.97 Å². The number of fused-ring (bicyclic) bond motifs is 2. The van der Waals surface area contributed by atoms with Gasteiger partial charge in [-0.15, -0.1) is 0 Å². The Labute approximate surface area is 146 Å². The molecule has 1 fully saturated rings. The molecule has 124 valence electrons. The van der Waals surface area contributed by atoms with E-state index in [1.807, 2.05) is 13.3 Å². The third-order valence-corrected chi connectivity index (χ3v) is 4.88. The normalized spacial score (nSPS) is 15.0. The molecular weight excluding hydrogens is 308 g/mol. The Morgan fingerprint density at radius 3 is 2.68 bits per heavy atom. The lowest BCUT2D eigenvalue weighted by Crippen LogP contribution is -2.04. The van der Waals surface area contributed by atoms with Crippen molar-refractivity contribution in [3.8, 4) is 5.95 Å². The van der Waals surface area contributed by atoms with Crippen molar-refractivity contribution < 1.29 is 0 Å². The van der Waals surface area contributed by atoms with E-state index in [1.165, 1.54) is 29.5 Å². The van der Waals surface area contributed by atoms with Crippen molar-refractivity contribution in [3.05, 3.63) is 59.9 Å². The first-order chi connectivity index (χ1) is 12.2. The second-order valence-corrected chi connectivity index (χ2v) is 6.87. The molecule has 0 unspecified atom stereocenters. The summed E-state index contributed by atoms with van der Waals surface area (Å²) < 4.78 is 4.53. The Balaban J connectivity index is 1.80. The van der Waals surface area contributed by atoms with E-state index in [2.05, 4.69) is 69.6 Å². The Morgan fingerprint density at radius 1 is 1.04 bits per heavy atom. The van der Waals surface area contributed by atoms with Crippen molar-refractivity contribution in [2.75, 3.05) is 0 Å². The molecule has 0 N–H and O–H groups in total. The Bertz CT molecular complexity index is 1130. The fraction of sp³-hybridized carbons (Fsp3) is 0.238. The molecule has 2 aromatic heterocycles. The van der Waals surface area contributed by atoms with Crippen LogP contribution in [-0.2, 0) is 0 Å². The fourth-order valence-electron chi connectivity index (χ4n) is 3.53. The molecule has 2 heterocycles. The molecule has 0 saturated heterocycles. The second-order valence-electron chi connectivity index (χ2n) is 6.87. The van der Waals surface area contributed by atoms with Gasteiger partial charge in [0.1, 0.15) is 6.33 Å². The number of nitrogens with zero attached hydrogens (tertiary/aromatic N) is 4. The summed E-state index contributed by atoms with van der Waals surface area (Å²) >= 11 is 0. The van der Waals surface area contributed by atoms with Crippen molar-refractivity contribution in [1.82, 2.24) is 19.1 Å². The number of benzene rings is 2. The van der Waals surface area contributed by atoms with Crippen LogP contribution in [0.1, 0.15) is 36.9 Å². The lowest BCUT2D eigenvalue weighted by atomic mass is 10.2. The second kappa shape index (κ2) is 5.31. The smallest absolute Gasteiger partial charge is 0.216 e. The van der Waals surface area contributed by atoms with Crippen LogP contribution in [-0.4, -0.2) is 19.1 Å². The summed E-state index contributed by atoms with van der Waals surface area (Å²) in [5.74, 6) is 0.975. The van der Waals surface area contributed by atoms with Gasteiger partial charge in [0.2, 0.25) is 5.95 Å². The van der Waals surface area contributed by atoms with E-state index in [-0.39, 0.29) is 0 Å². The molecule has 0 radical (unpaired) electrons. The molecule has 25 heavy (non-hydrogen) atoms. The zero-order valence-corrected chi connectivity index (χ0v) is 14.5. The van der Waals surface area contributed by atoms with E-state index >= 15 is 0 Å². The van der Waals surface area contributed by atoms with E-state index in [4.69, 9.17) is 4.98 Å². The minimum atomic E-state index is 0.545. The number of aryl methyl sites for hydroxylation is 1. The first kappa shape index (κ1) is 14.5. The largest absolute Gasteiger partial charge is 0.306 e. The van der Waals surface area contributed by atoms with E-state index in [1.54, 1.807) is 0 Å². The molecule has 4 nitrogen and oxygen atoms in total. The number of allylic oxidation sites excluding steroid dienone is 1. The number of rotatable bonds is 3. The molecule has 5 rings (SSSR count). The van der Waals surface area contributed by atoms with Gasteiger partial charge in [0.25, 0.3) is 0 Å². The van der Waals surface area contributed by atoms with Gasteiger partial charge in [0.05, 0.1) is 22.1 Å². The van der Waals surface area contributed by atoms with Crippen molar-refractivity contribution in [2.24, 2.45) is 0 Å². The van der Waals surface area contributed by atoms with Gasteiger partial charge in [-0.05, 0) is 62.1 Å². The summed E-state index contributed by atoms with van der Waals surface area (Å²) in [6, 6.07) is 13.4. The van der Waals surface area contributed by atoms with Crippen molar-refractivity contribution in [2.45, 2.75) is 32.7 Å². The van der Waals surface area contributed by atoms with Gasteiger partial charge >= 0.3 is 0 Å². The predicted octanol–water partition coefficient (Wildman–Crippen LogP) is 5.05. The zero-order chi connectivity index (χ0) is 17.0. The molecule has 1 saturated carbocycles. The topological polar surface area (TPSA) is 35.6 Å². The highest BCUT2D eigenvalue weighted by Crippen LogP contribution is 2.40. The van der Waals surface area contributed by atoms with E-state index < -0.39 is 0 Å². The summed E-state index contributed by atoms with van der Waals surface area (Å²) in [7, 11) is 0. The fourth-order valence-corrected chi connectivity index (χ4v) is 3.53. The maximum absolute atomic E-state index is 4.96. The molecule has 4 heteroatoms. The Hall–Kier alpha value is -2.88. The van der Waals surface area contributed by atoms with Crippen LogP contribution in [0.3, 0.4) is 0 Å². The lowest BCUT2D eigenvalue weighted by Gasteiger charge is -2.09. The van der Waals surface area contributed by atoms with E-state index in [9.17, 15) is 0 Å². The highest BCUT2D eigenvalue weighted by molar-refractivity contribution is 5.83. The molecule has 4 aromatic rings. The van der Waals surface area contributed by atoms with Gasteiger partial charge in [0, 0.05) is 6.04 Å². The predicted molar refractivity (Wildman–Crippen MR) is 102 cm³/mol. The summed E-state index contributed by atoms with van der Waals surface area (Å²) in [6.07, 6.45) is 8.55. The Kier molecular flexibility index (Phi) is 3.07. The minimum absolute atomic E-state index is 0.545. The molecule has 0 bridgehead atoms. The van der Waals surface area contributed by atoms with Gasteiger partial charge in [-0.3, -0.25) is 4.57 Å². The summed E-state index contributed by atoms with van der Waals surface area (Å²) in [5, 5.41) is 0. The number of imidazole rings is 2. The molecule has 0 aliphatic heterocycles. The van der Waals surface area contributed by atoms with Gasteiger partial charge < -0.3 is 4.57 Å². The van der Waals surface area contributed by atoms with Crippen LogP contribution in [0.15, 0.2) is 48.8 Å². The van der Waals surface area contributed by atoms with Gasteiger partial charge in [0.15, 0.2) is 0 Å². The quantitative estimate of drug-likeness (QED) is 0.527. The first-order valence-corrected chi connectivity index (χ1v) is 8.83. The van der Waals surface area contributed by atoms with Gasteiger partial charge in [-0.2, -0.15) is 0 Å². The van der Waals surface area contributed by atoms with Crippen molar-refractivity contribution >= 4 is 28.1 Å². The van der Waals surface area contributed by atoms with Crippen LogP contribution in [0.4, 0.5) is 0 Å². The highest BCUT2D eigenvalue weighted by Gasteiger charge is 2.29. The average Bonchev–Trinajstić information content (AvgIpc) is 3.25. The molecule has 1 aliphatic carbocycles. The molecule has 2 aromatic carbocycles. The zero-order valence-electron chi connectivity index (χ0n) is 14.5. The summed E-state index contributed by atoms with van der Waals surface area (Å²) in [4.78, 5) is 9.53. The molecular formula is C21H20N4. The standard InChI is InChI=1S/C21H20N4/c1-3-4-15-6-10-18-20(12-15)25(16-7-8-16)21(23-18)24-13-22-17-9-5-14(2)11-19(17)24/h3-6,9-13,16H,7-8H2,1-2H3/b4-3+. The van der Waals surface area contributed by atoms with Crippen LogP contribution >= 0.6 is 0 Å². The Morgan fingerprint density at radius 2 is 1.88 bits per heavy atom. The third kappa shape index (κ3) is 2.29. The maximum Gasteiger partial charge on any atom is 0.216 e. The van der Waals surface area contributed by atoms with Crippen LogP contribution in [0.5, 0.6) is 0 Å². The molecule has 0 spiro atoms. The number of hydrogen-bond donors (Lipinski definition) is 0.